The molecule has 0 amide bonds. The van der Waals surface area contributed by atoms with Gasteiger partial charge in [0.05, 0.1) is 0 Å². The molecule has 1 unspecified atom stereocenters. The van der Waals surface area contributed by atoms with Gasteiger partial charge in [0.2, 0.25) is 0 Å². The summed E-state index contributed by atoms with van der Waals surface area (Å²) in [5.41, 5.74) is 3.24. The first-order valence-corrected chi connectivity index (χ1v) is 22.4. The summed E-state index contributed by atoms with van der Waals surface area (Å²) in [4.78, 5) is 0. The summed E-state index contributed by atoms with van der Waals surface area (Å²) in [5, 5.41) is 0. The summed E-state index contributed by atoms with van der Waals surface area (Å²) in [5.74, 6) is 0. The van der Waals surface area contributed by atoms with Crippen LogP contribution >= 0.6 is 0 Å². The van der Waals surface area contributed by atoms with Gasteiger partial charge in [0, 0.05) is 0 Å². The molecule has 0 saturated carbocycles. The van der Waals surface area contributed by atoms with Crippen molar-refractivity contribution < 1.29 is 4.43 Å². The third-order valence-corrected chi connectivity index (χ3v) is 23.1. The van der Waals surface area contributed by atoms with Crippen molar-refractivity contribution in [2.45, 2.75) is 119 Å². The van der Waals surface area contributed by atoms with Gasteiger partial charge in [0.25, 0.3) is 0 Å². The topological polar surface area (TPSA) is 9.23 Å². The van der Waals surface area contributed by atoms with Gasteiger partial charge in [-0.15, -0.1) is 0 Å². The van der Waals surface area contributed by atoms with Crippen molar-refractivity contribution in [2.75, 3.05) is 0 Å². The van der Waals surface area contributed by atoms with E-state index in [2.05, 4.69) is 82.9 Å². The molecule has 3 heteroatoms. The average molecular weight is 552 g/mol. The Bertz CT molecular complexity index is 598. The fraction of sp³-hybridized carbons (Fsp3) is 0.714. The van der Waals surface area contributed by atoms with E-state index in [1.165, 1.54) is 69.0 Å². The molecule has 0 aliphatic rings. The second-order valence-corrected chi connectivity index (χ2v) is 25.1. The van der Waals surface area contributed by atoms with Crippen molar-refractivity contribution in [3.63, 3.8) is 0 Å². The first-order chi connectivity index (χ1) is 14.7. The number of hydrogen-bond acceptors (Lipinski definition) is 1. The Kier molecular flexibility index (Phi) is 14.7. The van der Waals surface area contributed by atoms with Crippen molar-refractivity contribution in [1.82, 2.24) is 0 Å². The van der Waals surface area contributed by atoms with Crippen LogP contribution < -0.4 is 0 Å². The number of benzene rings is 1. The number of rotatable bonds is 16. The molecule has 0 bridgehead atoms. The van der Waals surface area contributed by atoms with Crippen LogP contribution in [-0.4, -0.2) is 34.2 Å². The van der Waals surface area contributed by atoms with Crippen LogP contribution in [0.25, 0.3) is 0 Å². The van der Waals surface area contributed by atoms with E-state index in [4.69, 9.17) is 4.43 Å². The van der Waals surface area contributed by atoms with Gasteiger partial charge in [-0.3, -0.25) is 0 Å². The molecule has 0 aromatic heterocycles. The SMILES string of the molecule is CCC[CH2][Sn](/[CH]=C/C(Cc1ccccc1C)O[SiH2]CC(C)(C)C)([CH2]CCC)[CH2]CCC. The molecule has 0 fully saturated rings. The Morgan fingerprint density at radius 2 is 1.48 bits per heavy atom. The van der Waals surface area contributed by atoms with Crippen molar-refractivity contribution in [2.24, 2.45) is 5.41 Å². The molecule has 0 N–H and O–H groups in total. The Labute approximate surface area is 201 Å². The van der Waals surface area contributed by atoms with Gasteiger partial charge >= 0.3 is 202 Å². The Balaban J connectivity index is 3.07. The molecule has 31 heavy (non-hydrogen) atoms. The monoisotopic (exact) mass is 552 g/mol. The summed E-state index contributed by atoms with van der Waals surface area (Å²) in [6, 6.07) is 10.1. The van der Waals surface area contributed by atoms with E-state index in [-0.39, 0.29) is 6.10 Å². The van der Waals surface area contributed by atoms with Crippen molar-refractivity contribution >= 4 is 28.1 Å². The summed E-state index contributed by atoms with van der Waals surface area (Å²) >= 11 is -2.26. The van der Waals surface area contributed by atoms with E-state index in [9.17, 15) is 0 Å². The zero-order valence-corrected chi connectivity index (χ0v) is 26.2. The molecule has 0 saturated heterocycles. The Morgan fingerprint density at radius 3 is 1.97 bits per heavy atom. The zero-order valence-electron chi connectivity index (χ0n) is 21.9. The molecule has 1 aromatic rings. The molecule has 1 aromatic carbocycles. The van der Waals surface area contributed by atoms with E-state index in [1.807, 2.05) is 0 Å². The molecule has 1 nitrogen and oxygen atoms in total. The standard InChI is InChI=1S/C16H25OSi.3C4H9.Sn/c1-6-15(17-18-12-16(3,4)5)11-14-10-8-7-9-13(14)2;3*1-3-4-2;/h1,6-10,15H,11-12,18H2,2-5H3;3*1,3-4H2,2H3;. The maximum atomic E-state index is 6.67. The number of hydrogen-bond donors (Lipinski definition) is 0. The summed E-state index contributed by atoms with van der Waals surface area (Å²) in [6.45, 7) is 16.4. The molecule has 0 heterocycles. The first-order valence-electron chi connectivity index (χ1n) is 13.1. The molecular weight excluding hydrogens is 499 g/mol. The minimum absolute atomic E-state index is 0.274. The van der Waals surface area contributed by atoms with Crippen LogP contribution in [0.5, 0.6) is 0 Å². The summed E-state index contributed by atoms with van der Waals surface area (Å²) in [6.07, 6.45) is 12.2. The van der Waals surface area contributed by atoms with Crippen LogP contribution in [0.15, 0.2) is 34.4 Å². The van der Waals surface area contributed by atoms with E-state index >= 15 is 0 Å². The van der Waals surface area contributed by atoms with Gasteiger partial charge in [-0.25, -0.2) is 0 Å². The van der Waals surface area contributed by atoms with E-state index in [0.717, 1.165) is 6.42 Å². The molecule has 0 aliphatic heterocycles. The van der Waals surface area contributed by atoms with Crippen LogP contribution in [0, 0.1) is 12.3 Å². The van der Waals surface area contributed by atoms with Gasteiger partial charge in [0.1, 0.15) is 0 Å². The van der Waals surface area contributed by atoms with Gasteiger partial charge < -0.3 is 0 Å². The molecular formula is C28H52OSiSn. The van der Waals surface area contributed by atoms with Gasteiger partial charge in [-0.1, -0.05) is 0 Å². The predicted molar refractivity (Wildman–Crippen MR) is 147 cm³/mol. The normalized spacial score (nSPS) is 14.2. The van der Waals surface area contributed by atoms with E-state index < -0.39 is 28.1 Å². The first kappa shape index (κ1) is 29.0. The van der Waals surface area contributed by atoms with Crippen molar-refractivity contribution in [3.05, 3.63) is 45.6 Å². The maximum absolute atomic E-state index is 6.67. The van der Waals surface area contributed by atoms with Crippen LogP contribution in [0.2, 0.25) is 19.4 Å². The van der Waals surface area contributed by atoms with Crippen LogP contribution in [0.1, 0.15) is 91.2 Å². The predicted octanol–water partition coefficient (Wildman–Crippen LogP) is 8.42. The summed E-state index contributed by atoms with van der Waals surface area (Å²) < 4.78 is 14.1. The van der Waals surface area contributed by atoms with Crippen LogP contribution in [0.4, 0.5) is 0 Å². The molecule has 178 valence electrons. The van der Waals surface area contributed by atoms with E-state index in [1.54, 1.807) is 0 Å². The van der Waals surface area contributed by atoms with Crippen LogP contribution in [0.3, 0.4) is 0 Å². The molecule has 0 radical (unpaired) electrons. The van der Waals surface area contributed by atoms with Crippen molar-refractivity contribution in [3.8, 4) is 0 Å². The quantitative estimate of drug-likeness (QED) is 0.188. The van der Waals surface area contributed by atoms with Gasteiger partial charge in [-0.05, 0) is 0 Å². The Hall–Kier alpha value is -0.0644. The van der Waals surface area contributed by atoms with E-state index in [0.29, 0.717) is 5.41 Å². The van der Waals surface area contributed by atoms with Crippen LogP contribution in [-0.2, 0) is 10.8 Å². The van der Waals surface area contributed by atoms with Gasteiger partial charge in [0.15, 0.2) is 0 Å². The third-order valence-electron chi connectivity index (χ3n) is 6.62. The minimum atomic E-state index is -2.26. The van der Waals surface area contributed by atoms with Crippen molar-refractivity contribution in [1.29, 1.82) is 0 Å². The second-order valence-electron chi connectivity index (χ2n) is 10.9. The fourth-order valence-electron chi connectivity index (χ4n) is 4.28. The molecule has 0 aliphatic carbocycles. The molecule has 1 atom stereocenters. The molecule has 1 rings (SSSR count). The second kappa shape index (κ2) is 15.7. The average Bonchev–Trinajstić information content (AvgIpc) is 2.73. The zero-order chi connectivity index (χ0) is 23.2. The summed E-state index contributed by atoms with van der Waals surface area (Å²) in [7, 11) is -0.508. The Morgan fingerprint density at radius 1 is 0.935 bits per heavy atom. The third kappa shape index (κ3) is 12.7. The fourth-order valence-corrected chi connectivity index (χ4v) is 19.9. The number of unbranched alkanes of at least 4 members (excludes halogenated alkanes) is 3. The number of aryl methyl sites for hydroxylation is 1. The van der Waals surface area contributed by atoms with Gasteiger partial charge in [-0.2, -0.15) is 0 Å². The molecule has 0 spiro atoms.